The molecule has 1 rings (SSSR count). The summed E-state index contributed by atoms with van der Waals surface area (Å²) < 4.78 is 20.9. The highest BCUT2D eigenvalue weighted by atomic mass is 32.2. The molecule has 0 spiro atoms. The normalized spacial score (nSPS) is 29.5. The highest BCUT2D eigenvalue weighted by Crippen LogP contribution is 2.28. The zero-order chi connectivity index (χ0) is 18.4. The van der Waals surface area contributed by atoms with Crippen LogP contribution in [0.4, 0.5) is 0 Å². The molecule has 1 saturated heterocycles. The lowest BCUT2D eigenvalue weighted by Gasteiger charge is -2.43. The summed E-state index contributed by atoms with van der Waals surface area (Å²) in [5.41, 5.74) is 5.96. The van der Waals surface area contributed by atoms with Gasteiger partial charge in [-0.3, -0.25) is 19.2 Å². The van der Waals surface area contributed by atoms with Crippen LogP contribution in [0.1, 0.15) is 27.7 Å². The summed E-state index contributed by atoms with van der Waals surface area (Å²) in [7, 11) is 0. The van der Waals surface area contributed by atoms with Gasteiger partial charge in [-0.05, 0) is 0 Å². The molecule has 9 nitrogen and oxygen atoms in total. The molecular formula is C14H21NO8S. The van der Waals surface area contributed by atoms with E-state index in [1.54, 1.807) is 0 Å². The number of carbonyl (C=O) groups excluding carboxylic acids is 4. The van der Waals surface area contributed by atoms with Crippen molar-refractivity contribution in [3.63, 3.8) is 0 Å². The van der Waals surface area contributed by atoms with Gasteiger partial charge in [-0.1, -0.05) is 11.8 Å². The maximum Gasteiger partial charge on any atom is 0.304 e. The van der Waals surface area contributed by atoms with Crippen molar-refractivity contribution in [2.45, 2.75) is 58.3 Å². The molecule has 1 aliphatic heterocycles. The van der Waals surface area contributed by atoms with Crippen LogP contribution in [-0.4, -0.2) is 59.4 Å². The van der Waals surface area contributed by atoms with E-state index in [1.165, 1.54) is 27.7 Å². The fourth-order valence-corrected chi connectivity index (χ4v) is 2.87. The van der Waals surface area contributed by atoms with Gasteiger partial charge in [-0.15, -0.1) is 0 Å². The Hall–Kier alpha value is -1.65. The smallest absolute Gasteiger partial charge is 0.304 e. The molecule has 0 aromatic heterocycles. The predicted molar refractivity (Wildman–Crippen MR) is 82.6 cm³/mol. The molecule has 0 aromatic carbocycles. The van der Waals surface area contributed by atoms with Gasteiger partial charge in [0.25, 0.3) is 0 Å². The van der Waals surface area contributed by atoms with Crippen molar-refractivity contribution in [3.8, 4) is 0 Å². The van der Waals surface area contributed by atoms with Crippen LogP contribution in [0, 0.1) is 0 Å². The third-order valence-corrected chi connectivity index (χ3v) is 3.93. The van der Waals surface area contributed by atoms with Crippen molar-refractivity contribution in [1.29, 1.82) is 0 Å². The highest BCUT2D eigenvalue weighted by Gasteiger charge is 2.49. The molecule has 0 aliphatic carbocycles. The van der Waals surface area contributed by atoms with Gasteiger partial charge in [-0.25, -0.2) is 0 Å². The van der Waals surface area contributed by atoms with Gasteiger partial charge in [0.05, 0.1) is 0 Å². The van der Waals surface area contributed by atoms with Crippen LogP contribution in [0.15, 0.2) is 0 Å². The summed E-state index contributed by atoms with van der Waals surface area (Å²) in [5.74, 6) is -1.80. The van der Waals surface area contributed by atoms with E-state index in [4.69, 9.17) is 24.7 Å². The zero-order valence-corrected chi connectivity index (χ0v) is 14.7. The average molecular weight is 363 g/mol. The van der Waals surface area contributed by atoms with Crippen LogP contribution in [0.2, 0.25) is 0 Å². The SMILES string of the molecule is CC(=O)OC1OC(CSC(C)=O)C(OC(C)=O)C(OC(C)=O)C1N. The molecule has 1 aliphatic rings. The first kappa shape index (κ1) is 20.4. The summed E-state index contributed by atoms with van der Waals surface area (Å²) >= 11 is 0.935. The monoisotopic (exact) mass is 363 g/mol. The lowest BCUT2D eigenvalue weighted by Crippen LogP contribution is -2.64. The first-order valence-electron chi connectivity index (χ1n) is 7.18. The Bertz CT molecular complexity index is 495. The van der Waals surface area contributed by atoms with E-state index in [9.17, 15) is 19.2 Å². The molecule has 0 amide bonds. The van der Waals surface area contributed by atoms with Gasteiger partial charge >= 0.3 is 17.9 Å². The van der Waals surface area contributed by atoms with Gasteiger partial charge in [0, 0.05) is 33.4 Å². The molecule has 0 aromatic rings. The number of hydrogen-bond donors (Lipinski definition) is 1. The molecule has 0 radical (unpaired) electrons. The second kappa shape index (κ2) is 9.00. The van der Waals surface area contributed by atoms with E-state index in [0.29, 0.717) is 0 Å². The first-order valence-corrected chi connectivity index (χ1v) is 8.16. The number of hydrogen-bond acceptors (Lipinski definition) is 10. The number of rotatable bonds is 5. The molecule has 1 heterocycles. The van der Waals surface area contributed by atoms with Crippen molar-refractivity contribution in [3.05, 3.63) is 0 Å². The second-order valence-electron chi connectivity index (χ2n) is 5.18. The summed E-state index contributed by atoms with van der Waals surface area (Å²) in [6.07, 6.45) is -4.16. The van der Waals surface area contributed by atoms with E-state index in [2.05, 4.69) is 0 Å². The van der Waals surface area contributed by atoms with E-state index in [1.807, 2.05) is 0 Å². The van der Waals surface area contributed by atoms with Crippen molar-refractivity contribution < 1.29 is 38.1 Å². The first-order chi connectivity index (χ1) is 11.1. The Kier molecular flexibility index (Phi) is 7.64. The lowest BCUT2D eigenvalue weighted by atomic mass is 9.97. The Morgan fingerprint density at radius 3 is 1.88 bits per heavy atom. The topological polar surface area (TPSA) is 131 Å². The quantitative estimate of drug-likeness (QED) is 0.515. The Morgan fingerprint density at radius 2 is 1.42 bits per heavy atom. The van der Waals surface area contributed by atoms with Crippen LogP contribution in [0.3, 0.4) is 0 Å². The summed E-state index contributed by atoms with van der Waals surface area (Å²) in [6.45, 7) is 4.90. The molecule has 5 unspecified atom stereocenters. The Morgan fingerprint density at radius 1 is 0.917 bits per heavy atom. The van der Waals surface area contributed by atoms with Crippen LogP contribution >= 0.6 is 11.8 Å². The fourth-order valence-electron chi connectivity index (χ4n) is 2.20. The molecule has 1 fully saturated rings. The highest BCUT2D eigenvalue weighted by molar-refractivity contribution is 8.13. The summed E-state index contributed by atoms with van der Waals surface area (Å²) in [5, 5.41) is -0.178. The fraction of sp³-hybridized carbons (Fsp3) is 0.714. The number of carbonyl (C=O) groups is 4. The minimum absolute atomic E-state index is 0.107. The Balaban J connectivity index is 3.08. The third kappa shape index (κ3) is 6.10. The number of thioether (sulfide) groups is 1. The minimum atomic E-state index is -1.20. The van der Waals surface area contributed by atoms with E-state index >= 15 is 0 Å². The summed E-state index contributed by atoms with van der Waals surface area (Å²) in [4.78, 5) is 45.1. The van der Waals surface area contributed by atoms with Gasteiger partial charge < -0.3 is 24.7 Å². The largest absolute Gasteiger partial charge is 0.457 e. The summed E-state index contributed by atoms with van der Waals surface area (Å²) in [6, 6.07) is -1.05. The average Bonchev–Trinajstić information content (AvgIpc) is 2.42. The molecule has 2 N–H and O–H groups in total. The maximum atomic E-state index is 11.4. The lowest BCUT2D eigenvalue weighted by molar-refractivity contribution is -0.256. The molecule has 10 heteroatoms. The van der Waals surface area contributed by atoms with Gasteiger partial charge in [-0.2, -0.15) is 0 Å². The molecule has 5 atom stereocenters. The molecule has 0 bridgehead atoms. The molecule has 0 saturated carbocycles. The molecule has 24 heavy (non-hydrogen) atoms. The van der Waals surface area contributed by atoms with Crippen molar-refractivity contribution in [2.24, 2.45) is 5.73 Å². The van der Waals surface area contributed by atoms with Crippen LogP contribution in [0.25, 0.3) is 0 Å². The minimum Gasteiger partial charge on any atom is -0.457 e. The van der Waals surface area contributed by atoms with Gasteiger partial charge in [0.15, 0.2) is 17.3 Å². The van der Waals surface area contributed by atoms with Crippen LogP contribution < -0.4 is 5.73 Å². The standard InChI is InChI=1S/C14H21NO8S/c1-6(16)20-12-10(5-24-9(4)19)23-14(22-8(3)18)11(15)13(12)21-7(2)17/h10-14H,5,15H2,1-4H3. The number of ether oxygens (including phenoxy) is 4. The van der Waals surface area contributed by atoms with E-state index in [-0.39, 0.29) is 10.9 Å². The zero-order valence-electron chi connectivity index (χ0n) is 13.8. The van der Waals surface area contributed by atoms with Gasteiger partial charge in [0.2, 0.25) is 6.29 Å². The van der Waals surface area contributed by atoms with E-state index < -0.39 is 48.6 Å². The number of esters is 3. The third-order valence-electron chi connectivity index (χ3n) is 3.03. The second-order valence-corrected chi connectivity index (χ2v) is 6.38. The van der Waals surface area contributed by atoms with Crippen molar-refractivity contribution in [1.82, 2.24) is 0 Å². The van der Waals surface area contributed by atoms with Crippen molar-refractivity contribution >= 4 is 34.8 Å². The van der Waals surface area contributed by atoms with E-state index in [0.717, 1.165) is 11.8 Å². The van der Waals surface area contributed by atoms with Crippen LogP contribution in [0.5, 0.6) is 0 Å². The number of nitrogens with two attached hydrogens (primary N) is 1. The molecule has 136 valence electrons. The molecular weight excluding hydrogens is 342 g/mol. The predicted octanol–water partition coefficient (Wildman–Crippen LogP) is -0.255. The van der Waals surface area contributed by atoms with Gasteiger partial charge in [0.1, 0.15) is 12.1 Å². The van der Waals surface area contributed by atoms with Crippen molar-refractivity contribution in [2.75, 3.05) is 5.75 Å². The van der Waals surface area contributed by atoms with Crippen LogP contribution in [-0.2, 0) is 38.1 Å². The maximum absolute atomic E-state index is 11.4. The Labute approximate surface area is 143 Å².